The number of hydrogen-bond donors (Lipinski definition) is 2. The Bertz CT molecular complexity index is 546. The highest BCUT2D eigenvalue weighted by molar-refractivity contribution is 5.69. The number of alkyl carbamates (subject to hydrolysis) is 1. The van der Waals surface area contributed by atoms with Crippen LogP contribution in [-0.2, 0) is 16.0 Å². The minimum atomic E-state index is -0.887. The van der Waals surface area contributed by atoms with Crippen LogP contribution in [0.1, 0.15) is 39.2 Å². The van der Waals surface area contributed by atoms with E-state index < -0.39 is 17.7 Å². The second-order valence-electron chi connectivity index (χ2n) is 6.44. The topological polar surface area (TPSA) is 75.6 Å². The summed E-state index contributed by atoms with van der Waals surface area (Å²) in [5, 5.41) is 11.6. The van der Waals surface area contributed by atoms with Crippen LogP contribution in [0.5, 0.6) is 0 Å². The Balaban J connectivity index is 2.77. The normalized spacial score (nSPS) is 12.3. The van der Waals surface area contributed by atoms with E-state index in [1.165, 1.54) is 0 Å². The molecule has 0 unspecified atom stereocenters. The molecule has 2 N–H and O–H groups in total. The smallest absolute Gasteiger partial charge is 0.408 e. The Kier molecular flexibility index (Phi) is 6.82. The molecule has 0 fully saturated rings. The van der Waals surface area contributed by atoms with Crippen molar-refractivity contribution >= 4 is 12.1 Å². The molecule has 126 valence electrons. The molecule has 0 aliphatic rings. The van der Waals surface area contributed by atoms with Gasteiger partial charge in [0.25, 0.3) is 0 Å². The first-order valence-corrected chi connectivity index (χ1v) is 7.60. The van der Waals surface area contributed by atoms with Crippen molar-refractivity contribution < 1.29 is 19.4 Å². The second-order valence-corrected chi connectivity index (χ2v) is 6.44. The summed E-state index contributed by atoms with van der Waals surface area (Å²) in [5.74, 6) is -0.887. The number of aliphatic carboxylic acids is 1. The van der Waals surface area contributed by atoms with Gasteiger partial charge in [0.2, 0.25) is 0 Å². The number of hydrogen-bond acceptors (Lipinski definition) is 3. The van der Waals surface area contributed by atoms with Crippen molar-refractivity contribution in [3.05, 3.63) is 48.0 Å². The second kappa shape index (κ2) is 8.36. The van der Waals surface area contributed by atoms with E-state index in [0.29, 0.717) is 18.4 Å². The highest BCUT2D eigenvalue weighted by Crippen LogP contribution is 2.15. The summed E-state index contributed by atoms with van der Waals surface area (Å²) in [7, 11) is 0. The molecule has 5 heteroatoms. The van der Waals surface area contributed by atoms with E-state index in [9.17, 15) is 9.59 Å². The van der Waals surface area contributed by atoms with Gasteiger partial charge in [-0.05, 0) is 39.2 Å². The Hall–Kier alpha value is -2.30. The number of rotatable bonds is 7. The molecular formula is C18H25NO4. The van der Waals surface area contributed by atoms with Crippen LogP contribution >= 0.6 is 0 Å². The first kappa shape index (κ1) is 18.7. The van der Waals surface area contributed by atoms with Crippen molar-refractivity contribution in [2.75, 3.05) is 0 Å². The zero-order valence-electron chi connectivity index (χ0n) is 14.0. The van der Waals surface area contributed by atoms with E-state index in [4.69, 9.17) is 9.84 Å². The molecule has 1 aromatic carbocycles. The number of nitrogens with one attached hydrogen (secondary N) is 1. The zero-order chi connectivity index (χ0) is 17.5. The Morgan fingerprint density at radius 2 is 1.83 bits per heavy atom. The van der Waals surface area contributed by atoms with Gasteiger partial charge in [-0.1, -0.05) is 42.5 Å². The maximum absolute atomic E-state index is 12.0. The van der Waals surface area contributed by atoms with Crippen molar-refractivity contribution in [3.8, 4) is 0 Å². The van der Waals surface area contributed by atoms with Gasteiger partial charge >= 0.3 is 12.1 Å². The lowest BCUT2D eigenvalue weighted by atomic mass is 9.97. The van der Waals surface area contributed by atoms with Gasteiger partial charge in [0.05, 0.1) is 6.04 Å². The average molecular weight is 319 g/mol. The van der Waals surface area contributed by atoms with Gasteiger partial charge in [-0.25, -0.2) is 4.79 Å². The van der Waals surface area contributed by atoms with Gasteiger partial charge in [-0.15, -0.1) is 0 Å². The number of carboxylic acid groups (broad SMARTS) is 1. The lowest BCUT2D eigenvalue weighted by Gasteiger charge is -2.25. The Morgan fingerprint density at radius 3 is 2.35 bits per heavy atom. The predicted octanol–water partition coefficient (Wildman–Crippen LogP) is 3.54. The fourth-order valence-corrected chi connectivity index (χ4v) is 2.04. The summed E-state index contributed by atoms with van der Waals surface area (Å²) in [5.41, 5.74) is 1.11. The molecule has 0 spiro atoms. The Labute approximate surface area is 137 Å². The van der Waals surface area contributed by atoms with Gasteiger partial charge in [-0.2, -0.15) is 0 Å². The van der Waals surface area contributed by atoms with Gasteiger partial charge in [0.1, 0.15) is 5.60 Å². The van der Waals surface area contributed by atoms with Crippen LogP contribution < -0.4 is 5.32 Å². The van der Waals surface area contributed by atoms with Crippen molar-refractivity contribution in [1.29, 1.82) is 0 Å². The molecule has 0 aromatic heterocycles. The number of ether oxygens (including phenoxy) is 1. The lowest BCUT2D eigenvalue weighted by Crippen LogP contribution is -2.41. The van der Waals surface area contributed by atoms with Crippen LogP contribution in [0.2, 0.25) is 0 Å². The molecule has 0 saturated heterocycles. The number of benzene rings is 1. The molecule has 23 heavy (non-hydrogen) atoms. The maximum Gasteiger partial charge on any atom is 0.408 e. The molecule has 0 heterocycles. The molecule has 0 radical (unpaired) electrons. The number of carbonyl (C=O) groups excluding carboxylic acids is 1. The molecule has 0 aliphatic heterocycles. The van der Waals surface area contributed by atoms with Gasteiger partial charge in [-0.3, -0.25) is 4.79 Å². The molecule has 1 atom stereocenters. The fourth-order valence-electron chi connectivity index (χ4n) is 2.04. The monoisotopic (exact) mass is 319 g/mol. The van der Waals surface area contributed by atoms with Crippen LogP contribution in [0, 0.1) is 0 Å². The summed E-state index contributed by atoms with van der Waals surface area (Å²) in [6.07, 6.45) is 0.302. The third kappa shape index (κ3) is 8.04. The standard InChI is InChI=1S/C18H25NO4/c1-13(10-11-16(20)21)15(12-14-8-6-5-7-9-14)19-17(22)23-18(2,3)4/h5-9,15H,1,10-12H2,2-4H3,(H,19,22)(H,20,21)/t15-/m0/s1. The van der Waals surface area contributed by atoms with Crippen molar-refractivity contribution in [2.24, 2.45) is 0 Å². The van der Waals surface area contributed by atoms with Crippen LogP contribution in [0.4, 0.5) is 4.79 Å². The van der Waals surface area contributed by atoms with Crippen LogP contribution in [0.25, 0.3) is 0 Å². The summed E-state index contributed by atoms with van der Waals surface area (Å²) in [6, 6.07) is 9.29. The van der Waals surface area contributed by atoms with E-state index in [-0.39, 0.29) is 12.5 Å². The molecule has 5 nitrogen and oxygen atoms in total. The van der Waals surface area contributed by atoms with E-state index in [0.717, 1.165) is 5.56 Å². The van der Waals surface area contributed by atoms with E-state index in [2.05, 4.69) is 11.9 Å². The van der Waals surface area contributed by atoms with E-state index >= 15 is 0 Å². The Morgan fingerprint density at radius 1 is 1.22 bits per heavy atom. The van der Waals surface area contributed by atoms with Crippen molar-refractivity contribution in [1.82, 2.24) is 5.32 Å². The number of carboxylic acids is 1. The lowest BCUT2D eigenvalue weighted by molar-refractivity contribution is -0.136. The molecular weight excluding hydrogens is 294 g/mol. The summed E-state index contributed by atoms with van der Waals surface area (Å²) < 4.78 is 5.27. The summed E-state index contributed by atoms with van der Waals surface area (Å²) in [6.45, 7) is 9.31. The quantitative estimate of drug-likeness (QED) is 0.754. The van der Waals surface area contributed by atoms with Crippen LogP contribution in [0.15, 0.2) is 42.5 Å². The number of carbonyl (C=O) groups is 2. The molecule has 1 rings (SSSR count). The average Bonchev–Trinajstić information content (AvgIpc) is 2.43. The number of amides is 1. The van der Waals surface area contributed by atoms with E-state index in [1.54, 1.807) is 20.8 Å². The molecule has 1 amide bonds. The maximum atomic E-state index is 12.0. The molecule has 0 aliphatic carbocycles. The fraction of sp³-hybridized carbons (Fsp3) is 0.444. The van der Waals surface area contributed by atoms with Gasteiger partial charge < -0.3 is 15.2 Å². The van der Waals surface area contributed by atoms with Crippen LogP contribution in [-0.4, -0.2) is 28.8 Å². The summed E-state index contributed by atoms with van der Waals surface area (Å²) >= 11 is 0. The minimum absolute atomic E-state index is 0.0138. The van der Waals surface area contributed by atoms with Crippen molar-refractivity contribution in [3.63, 3.8) is 0 Å². The first-order chi connectivity index (χ1) is 10.7. The highest BCUT2D eigenvalue weighted by atomic mass is 16.6. The molecule has 0 saturated carbocycles. The highest BCUT2D eigenvalue weighted by Gasteiger charge is 2.21. The van der Waals surface area contributed by atoms with Gasteiger partial charge in [0.15, 0.2) is 0 Å². The molecule has 1 aromatic rings. The molecule has 0 bridgehead atoms. The van der Waals surface area contributed by atoms with Gasteiger partial charge in [0, 0.05) is 6.42 Å². The first-order valence-electron chi connectivity index (χ1n) is 7.60. The zero-order valence-corrected chi connectivity index (χ0v) is 14.0. The van der Waals surface area contributed by atoms with Crippen LogP contribution in [0.3, 0.4) is 0 Å². The third-order valence-electron chi connectivity index (χ3n) is 3.13. The van der Waals surface area contributed by atoms with E-state index in [1.807, 2.05) is 30.3 Å². The predicted molar refractivity (Wildman–Crippen MR) is 89.3 cm³/mol. The largest absolute Gasteiger partial charge is 0.481 e. The van der Waals surface area contributed by atoms with Crippen molar-refractivity contribution in [2.45, 2.75) is 51.7 Å². The minimum Gasteiger partial charge on any atom is -0.481 e. The SMILES string of the molecule is C=C(CCC(=O)O)[C@H](Cc1ccccc1)NC(=O)OC(C)(C)C. The summed E-state index contributed by atoms with van der Waals surface area (Å²) in [4.78, 5) is 22.8. The third-order valence-corrected chi connectivity index (χ3v) is 3.13.